The summed E-state index contributed by atoms with van der Waals surface area (Å²) in [4.78, 5) is 12.3. The third-order valence-electron chi connectivity index (χ3n) is 4.54. The first-order valence-corrected chi connectivity index (χ1v) is 10.6. The topological polar surface area (TPSA) is 78.5 Å². The van der Waals surface area contributed by atoms with Crippen molar-refractivity contribution in [3.8, 4) is 0 Å². The van der Waals surface area contributed by atoms with Gasteiger partial charge in [-0.1, -0.05) is 36.4 Å². The van der Waals surface area contributed by atoms with Crippen LogP contribution in [0.1, 0.15) is 18.4 Å². The number of hydrogen-bond donors (Lipinski definition) is 2. The maximum Gasteiger partial charge on any atom is 0.243 e. The average Bonchev–Trinajstić information content (AvgIpc) is 3.22. The van der Waals surface area contributed by atoms with Gasteiger partial charge in [-0.3, -0.25) is 4.79 Å². The largest absolute Gasteiger partial charge is 0.325 e. The summed E-state index contributed by atoms with van der Waals surface area (Å²) in [7, 11) is -3.48. The quantitative estimate of drug-likeness (QED) is 0.681. The smallest absolute Gasteiger partial charge is 0.243 e. The number of benzene rings is 2. The van der Waals surface area contributed by atoms with Crippen molar-refractivity contribution in [1.82, 2.24) is 9.62 Å². The highest BCUT2D eigenvalue weighted by Crippen LogP contribution is 2.23. The van der Waals surface area contributed by atoms with Crippen molar-refractivity contribution in [2.24, 2.45) is 0 Å². The highest BCUT2D eigenvalue weighted by molar-refractivity contribution is 7.89. The molecule has 0 aliphatic carbocycles. The van der Waals surface area contributed by atoms with Gasteiger partial charge in [0, 0.05) is 18.8 Å². The van der Waals surface area contributed by atoms with Gasteiger partial charge in [0.15, 0.2) is 0 Å². The van der Waals surface area contributed by atoms with E-state index in [1.54, 1.807) is 18.2 Å². The van der Waals surface area contributed by atoms with E-state index in [1.165, 1.54) is 15.9 Å². The van der Waals surface area contributed by atoms with Crippen molar-refractivity contribution < 1.29 is 13.2 Å². The van der Waals surface area contributed by atoms with Crippen molar-refractivity contribution in [2.45, 2.75) is 24.2 Å². The highest BCUT2D eigenvalue weighted by atomic mass is 32.2. The molecule has 2 aromatic carbocycles. The second-order valence-electron chi connectivity index (χ2n) is 6.60. The molecule has 1 saturated heterocycles. The Morgan fingerprint density at radius 1 is 1.00 bits per heavy atom. The van der Waals surface area contributed by atoms with Crippen LogP contribution in [0.3, 0.4) is 0 Å². The molecule has 1 aliphatic rings. The molecule has 27 heavy (non-hydrogen) atoms. The van der Waals surface area contributed by atoms with Crippen molar-refractivity contribution in [2.75, 3.05) is 31.5 Å². The predicted octanol–water partition coefficient (Wildman–Crippen LogP) is 2.24. The van der Waals surface area contributed by atoms with Crippen molar-refractivity contribution >= 4 is 21.6 Å². The number of anilines is 1. The van der Waals surface area contributed by atoms with E-state index in [1.807, 2.05) is 30.3 Å². The fourth-order valence-electron chi connectivity index (χ4n) is 3.10. The van der Waals surface area contributed by atoms with Crippen LogP contribution in [0.5, 0.6) is 0 Å². The molecule has 3 rings (SSSR count). The lowest BCUT2D eigenvalue weighted by Gasteiger charge is -2.16. The van der Waals surface area contributed by atoms with Crippen LogP contribution in [0.4, 0.5) is 5.69 Å². The molecule has 0 radical (unpaired) electrons. The Balaban J connectivity index is 1.51. The number of amides is 1. The molecule has 1 amide bonds. The molecule has 2 aromatic rings. The number of rotatable bonds is 8. The van der Waals surface area contributed by atoms with E-state index in [0.717, 1.165) is 19.3 Å². The minimum Gasteiger partial charge on any atom is -0.325 e. The molecule has 1 fully saturated rings. The molecule has 7 heteroatoms. The zero-order chi connectivity index (χ0) is 19.1. The fraction of sp³-hybridized carbons (Fsp3) is 0.350. The molecule has 0 unspecified atom stereocenters. The predicted molar refractivity (Wildman–Crippen MR) is 106 cm³/mol. The minimum atomic E-state index is -3.48. The van der Waals surface area contributed by atoms with Gasteiger partial charge in [0.05, 0.1) is 11.4 Å². The molecule has 2 N–H and O–H groups in total. The van der Waals surface area contributed by atoms with Gasteiger partial charge >= 0.3 is 0 Å². The molecule has 0 saturated carbocycles. The lowest BCUT2D eigenvalue weighted by Crippen LogP contribution is -2.30. The zero-order valence-corrected chi connectivity index (χ0v) is 16.0. The zero-order valence-electron chi connectivity index (χ0n) is 15.2. The lowest BCUT2D eigenvalue weighted by atomic mass is 10.1. The van der Waals surface area contributed by atoms with E-state index < -0.39 is 10.0 Å². The van der Waals surface area contributed by atoms with Crippen LogP contribution in [-0.4, -0.2) is 44.8 Å². The summed E-state index contributed by atoms with van der Waals surface area (Å²) in [5, 5.41) is 5.86. The van der Waals surface area contributed by atoms with Crippen LogP contribution in [0.25, 0.3) is 0 Å². The Morgan fingerprint density at radius 2 is 1.74 bits per heavy atom. The third kappa shape index (κ3) is 5.38. The number of nitrogens with zero attached hydrogens (tertiary/aromatic N) is 1. The maximum absolute atomic E-state index is 12.6. The number of hydrogen-bond acceptors (Lipinski definition) is 4. The van der Waals surface area contributed by atoms with Gasteiger partial charge in [-0.15, -0.1) is 0 Å². The van der Waals surface area contributed by atoms with Crippen molar-refractivity contribution in [1.29, 1.82) is 0 Å². The normalized spacial score (nSPS) is 15.0. The van der Waals surface area contributed by atoms with Crippen LogP contribution in [0.15, 0.2) is 59.5 Å². The first-order chi connectivity index (χ1) is 13.1. The monoisotopic (exact) mass is 387 g/mol. The summed E-state index contributed by atoms with van der Waals surface area (Å²) in [6.45, 7) is 1.99. The van der Waals surface area contributed by atoms with E-state index in [0.29, 0.717) is 25.3 Å². The Morgan fingerprint density at radius 3 is 2.48 bits per heavy atom. The van der Waals surface area contributed by atoms with Crippen LogP contribution in [0.2, 0.25) is 0 Å². The summed E-state index contributed by atoms with van der Waals surface area (Å²) in [6.07, 6.45) is 2.63. The molecule has 1 heterocycles. The maximum atomic E-state index is 12.6. The molecule has 1 aliphatic heterocycles. The number of carbonyl (C=O) groups is 1. The molecular weight excluding hydrogens is 362 g/mol. The minimum absolute atomic E-state index is 0.177. The molecule has 0 spiro atoms. The van der Waals surface area contributed by atoms with E-state index in [-0.39, 0.29) is 17.3 Å². The molecule has 0 bridgehead atoms. The van der Waals surface area contributed by atoms with Crippen LogP contribution in [0, 0.1) is 0 Å². The first-order valence-electron chi connectivity index (χ1n) is 9.20. The highest BCUT2D eigenvalue weighted by Gasteiger charge is 2.27. The van der Waals surface area contributed by atoms with Gasteiger partial charge in [-0.05, 0) is 49.6 Å². The standard InChI is InChI=1S/C20H25N3O3S/c24-20(16-21-12-11-17-7-2-1-3-8-17)22-18-9-6-10-19(15-18)27(25,26)23-13-4-5-14-23/h1-3,6-10,15,21H,4-5,11-14,16H2,(H,22,24). The summed E-state index contributed by atoms with van der Waals surface area (Å²) in [5.74, 6) is -0.196. The van der Waals surface area contributed by atoms with Gasteiger partial charge in [-0.2, -0.15) is 4.31 Å². The Kier molecular flexibility index (Phi) is 6.60. The van der Waals surface area contributed by atoms with Crippen LogP contribution >= 0.6 is 0 Å². The second kappa shape index (κ2) is 9.12. The van der Waals surface area contributed by atoms with Crippen LogP contribution < -0.4 is 10.6 Å². The van der Waals surface area contributed by atoms with E-state index in [9.17, 15) is 13.2 Å². The van der Waals surface area contributed by atoms with Gasteiger partial charge in [0.25, 0.3) is 0 Å². The van der Waals surface area contributed by atoms with E-state index >= 15 is 0 Å². The molecule has 0 atom stereocenters. The molecule has 144 valence electrons. The van der Waals surface area contributed by atoms with E-state index in [4.69, 9.17) is 0 Å². The Labute approximate surface area is 160 Å². The van der Waals surface area contributed by atoms with Gasteiger partial charge in [0.1, 0.15) is 0 Å². The first kappa shape index (κ1) is 19.5. The molecular formula is C20H25N3O3S. The summed E-state index contributed by atoms with van der Waals surface area (Å²) in [5.41, 5.74) is 1.70. The van der Waals surface area contributed by atoms with Crippen molar-refractivity contribution in [3.63, 3.8) is 0 Å². The van der Waals surface area contributed by atoms with Crippen molar-refractivity contribution in [3.05, 3.63) is 60.2 Å². The number of sulfonamides is 1. The summed E-state index contributed by atoms with van der Waals surface area (Å²) in [6, 6.07) is 16.5. The summed E-state index contributed by atoms with van der Waals surface area (Å²) < 4.78 is 26.7. The van der Waals surface area contributed by atoms with Gasteiger partial charge in [0.2, 0.25) is 15.9 Å². The Bertz CT molecular complexity index is 863. The molecule has 6 nitrogen and oxygen atoms in total. The lowest BCUT2D eigenvalue weighted by molar-refractivity contribution is -0.115. The number of nitrogens with one attached hydrogen (secondary N) is 2. The van der Waals surface area contributed by atoms with Gasteiger partial charge in [-0.25, -0.2) is 8.42 Å². The fourth-order valence-corrected chi connectivity index (χ4v) is 4.66. The number of carbonyl (C=O) groups excluding carboxylic acids is 1. The third-order valence-corrected chi connectivity index (χ3v) is 6.43. The van der Waals surface area contributed by atoms with Crippen LogP contribution in [-0.2, 0) is 21.2 Å². The molecule has 0 aromatic heterocycles. The Hall–Kier alpha value is -2.22. The van der Waals surface area contributed by atoms with Gasteiger partial charge < -0.3 is 10.6 Å². The second-order valence-corrected chi connectivity index (χ2v) is 8.54. The van der Waals surface area contributed by atoms with E-state index in [2.05, 4.69) is 10.6 Å². The average molecular weight is 388 g/mol. The summed E-state index contributed by atoms with van der Waals surface area (Å²) >= 11 is 0. The SMILES string of the molecule is O=C(CNCCc1ccccc1)Nc1cccc(S(=O)(=O)N2CCCC2)c1.